The molecule has 3 rings (SSSR count). The molecule has 0 saturated carbocycles. The molecule has 0 saturated heterocycles. The van der Waals surface area contributed by atoms with Gasteiger partial charge in [-0.15, -0.1) is 0 Å². The lowest BCUT2D eigenvalue weighted by Crippen LogP contribution is -2.39. The zero-order chi connectivity index (χ0) is 19.6. The fourth-order valence-corrected chi connectivity index (χ4v) is 3.59. The van der Waals surface area contributed by atoms with Crippen LogP contribution in [0.4, 0.5) is 8.78 Å². The predicted octanol–water partition coefficient (Wildman–Crippen LogP) is 2.73. The summed E-state index contributed by atoms with van der Waals surface area (Å²) < 4.78 is 31.6. The summed E-state index contributed by atoms with van der Waals surface area (Å²) in [5, 5.41) is 12.3. The second kappa shape index (κ2) is 8.22. The molecule has 1 aromatic heterocycles. The van der Waals surface area contributed by atoms with Gasteiger partial charge in [0.25, 0.3) is 5.91 Å². The first-order chi connectivity index (χ1) is 12.9. The van der Waals surface area contributed by atoms with Crippen LogP contribution in [0.2, 0.25) is 5.02 Å². The van der Waals surface area contributed by atoms with Gasteiger partial charge in [-0.3, -0.25) is 4.79 Å². The number of aliphatic hydroxyl groups is 1. The number of aryl methyl sites for hydroxylation is 1. The summed E-state index contributed by atoms with van der Waals surface area (Å²) in [6.07, 6.45) is 1.92. The van der Waals surface area contributed by atoms with Gasteiger partial charge >= 0.3 is 6.61 Å². The molecule has 2 N–H and O–H groups in total. The fraction of sp³-hybridized carbons (Fsp3) is 0.444. The van der Waals surface area contributed by atoms with Crippen LogP contribution in [0.15, 0.2) is 18.2 Å². The van der Waals surface area contributed by atoms with Gasteiger partial charge in [-0.2, -0.15) is 8.78 Å². The highest BCUT2D eigenvalue weighted by atomic mass is 35.5. The number of carbonyl (C=O) groups excluding carboxylic acids is 1. The van der Waals surface area contributed by atoms with Crippen molar-refractivity contribution in [1.29, 1.82) is 0 Å². The first-order valence-electron chi connectivity index (χ1n) is 8.60. The van der Waals surface area contributed by atoms with E-state index in [2.05, 4.69) is 15.0 Å². The Morgan fingerprint density at radius 1 is 1.52 bits per heavy atom. The lowest BCUT2D eigenvalue weighted by atomic mass is 9.95. The number of aromatic nitrogens is 2. The Labute approximate surface area is 160 Å². The number of ether oxygens (including phenoxy) is 1. The molecule has 6 nitrogen and oxygen atoms in total. The summed E-state index contributed by atoms with van der Waals surface area (Å²) in [5.41, 5.74) is 1.92. The number of nitrogens with zero attached hydrogens (tertiary/aromatic N) is 2. The first kappa shape index (κ1) is 19.6. The molecule has 27 heavy (non-hydrogen) atoms. The average molecular weight is 400 g/mol. The van der Waals surface area contributed by atoms with E-state index in [1.165, 1.54) is 18.2 Å². The van der Waals surface area contributed by atoms with E-state index < -0.39 is 12.5 Å². The Bertz CT molecular complexity index is 841. The van der Waals surface area contributed by atoms with Crippen LogP contribution in [0.1, 0.15) is 34.0 Å². The minimum Gasteiger partial charge on any atom is -0.434 e. The summed E-state index contributed by atoms with van der Waals surface area (Å²) in [6, 6.07) is 3.77. The maximum atomic E-state index is 12.6. The van der Waals surface area contributed by atoms with Crippen molar-refractivity contribution in [3.63, 3.8) is 0 Å². The quantitative estimate of drug-likeness (QED) is 0.783. The van der Waals surface area contributed by atoms with E-state index in [9.17, 15) is 18.7 Å². The highest BCUT2D eigenvalue weighted by Crippen LogP contribution is 2.26. The zero-order valence-corrected chi connectivity index (χ0v) is 15.5. The second-order valence-electron chi connectivity index (χ2n) is 6.36. The highest BCUT2D eigenvalue weighted by molar-refractivity contribution is 6.31. The normalized spacial score (nSPS) is 16.3. The van der Waals surface area contributed by atoms with Crippen molar-refractivity contribution in [3.8, 4) is 5.75 Å². The van der Waals surface area contributed by atoms with Crippen LogP contribution in [0.5, 0.6) is 5.75 Å². The van der Waals surface area contributed by atoms with Gasteiger partial charge in [0.15, 0.2) is 0 Å². The van der Waals surface area contributed by atoms with Crippen LogP contribution in [-0.2, 0) is 19.4 Å². The Morgan fingerprint density at radius 3 is 3.00 bits per heavy atom. The third-order valence-electron chi connectivity index (χ3n) is 4.58. The van der Waals surface area contributed by atoms with Crippen molar-refractivity contribution in [2.75, 3.05) is 6.61 Å². The Hall–Kier alpha value is -2.19. The monoisotopic (exact) mass is 399 g/mol. The van der Waals surface area contributed by atoms with Crippen molar-refractivity contribution >= 4 is 17.5 Å². The molecule has 1 heterocycles. The molecule has 2 aromatic rings. The molecule has 1 aliphatic rings. The van der Waals surface area contributed by atoms with Crippen molar-refractivity contribution in [2.45, 2.75) is 45.4 Å². The van der Waals surface area contributed by atoms with Gasteiger partial charge < -0.3 is 19.7 Å². The number of nitrogens with one attached hydrogen (secondary N) is 1. The molecule has 0 unspecified atom stereocenters. The van der Waals surface area contributed by atoms with Crippen molar-refractivity contribution < 1.29 is 23.4 Å². The highest BCUT2D eigenvalue weighted by Gasteiger charge is 2.26. The lowest BCUT2D eigenvalue weighted by molar-refractivity contribution is -0.0501. The van der Waals surface area contributed by atoms with Gasteiger partial charge in [0.2, 0.25) is 0 Å². The SMILES string of the molecule is Cc1nc2c(n1CCO)CC[C@H](NC(=O)c1cc(Cl)ccc1OC(F)F)C2. The van der Waals surface area contributed by atoms with Crippen LogP contribution in [0, 0.1) is 6.92 Å². The molecule has 146 valence electrons. The third kappa shape index (κ3) is 4.39. The summed E-state index contributed by atoms with van der Waals surface area (Å²) in [5.74, 6) is 0.0862. The van der Waals surface area contributed by atoms with E-state index in [1.807, 2.05) is 11.5 Å². The standard InChI is InChI=1S/C18H20ClF2N3O3/c1-10-22-14-9-12(3-4-15(14)24(10)6-7-25)23-17(26)13-8-11(19)2-5-16(13)27-18(20)21/h2,5,8,12,18,25H,3-4,6-7,9H2,1H3,(H,23,26)/t12-/m0/s1. The van der Waals surface area contributed by atoms with Crippen LogP contribution in [0.25, 0.3) is 0 Å². The molecule has 0 fully saturated rings. The van der Waals surface area contributed by atoms with Gasteiger partial charge in [0.1, 0.15) is 11.6 Å². The molecule has 9 heteroatoms. The van der Waals surface area contributed by atoms with Crippen molar-refractivity contribution in [2.24, 2.45) is 0 Å². The number of carbonyl (C=O) groups is 1. The van der Waals surface area contributed by atoms with Crippen molar-refractivity contribution in [1.82, 2.24) is 14.9 Å². The number of amides is 1. The zero-order valence-electron chi connectivity index (χ0n) is 14.7. The molecule has 0 spiro atoms. The molecule has 1 aliphatic carbocycles. The first-order valence-corrected chi connectivity index (χ1v) is 8.97. The smallest absolute Gasteiger partial charge is 0.387 e. The van der Waals surface area contributed by atoms with Crippen LogP contribution < -0.4 is 10.1 Å². The largest absolute Gasteiger partial charge is 0.434 e. The van der Waals surface area contributed by atoms with Crippen LogP contribution >= 0.6 is 11.6 Å². The van der Waals surface area contributed by atoms with Gasteiger partial charge in [-0.25, -0.2) is 4.98 Å². The van der Waals surface area contributed by atoms with Gasteiger partial charge in [-0.05, 0) is 38.0 Å². The third-order valence-corrected chi connectivity index (χ3v) is 4.81. The van der Waals surface area contributed by atoms with Crippen molar-refractivity contribution in [3.05, 3.63) is 46.0 Å². The Kier molecular flexibility index (Phi) is 5.96. The summed E-state index contributed by atoms with van der Waals surface area (Å²) >= 11 is 5.90. The molecule has 1 amide bonds. The fourth-order valence-electron chi connectivity index (χ4n) is 3.42. The Balaban J connectivity index is 1.74. The van der Waals surface area contributed by atoms with E-state index >= 15 is 0 Å². The molecule has 0 radical (unpaired) electrons. The topological polar surface area (TPSA) is 76.4 Å². The number of rotatable bonds is 6. The number of alkyl halides is 2. The molecule has 1 atom stereocenters. The van der Waals surface area contributed by atoms with E-state index in [-0.39, 0.29) is 29.0 Å². The van der Waals surface area contributed by atoms with Gasteiger partial charge in [0.05, 0.1) is 17.9 Å². The van der Waals surface area contributed by atoms with Crippen LogP contribution in [0.3, 0.4) is 0 Å². The van der Waals surface area contributed by atoms with E-state index in [0.717, 1.165) is 17.2 Å². The number of benzene rings is 1. The molecule has 1 aromatic carbocycles. The Morgan fingerprint density at radius 2 is 2.30 bits per heavy atom. The summed E-state index contributed by atoms with van der Waals surface area (Å²) in [6.45, 7) is -0.636. The number of halogens is 3. The lowest BCUT2D eigenvalue weighted by Gasteiger charge is -2.24. The van der Waals surface area contributed by atoms with E-state index in [0.29, 0.717) is 25.8 Å². The molecular formula is C18H20ClF2N3O3. The second-order valence-corrected chi connectivity index (χ2v) is 6.80. The number of fused-ring (bicyclic) bond motifs is 1. The number of aliphatic hydroxyl groups excluding tert-OH is 1. The minimum absolute atomic E-state index is 0.0319. The maximum absolute atomic E-state index is 12.6. The van der Waals surface area contributed by atoms with Gasteiger partial charge in [-0.1, -0.05) is 11.6 Å². The average Bonchev–Trinajstić information content (AvgIpc) is 2.91. The molecule has 0 bridgehead atoms. The predicted molar refractivity (Wildman–Crippen MR) is 95.4 cm³/mol. The minimum atomic E-state index is -3.03. The van der Waals surface area contributed by atoms with Gasteiger partial charge in [0, 0.05) is 29.7 Å². The van der Waals surface area contributed by atoms with Crippen LogP contribution in [-0.4, -0.2) is 39.8 Å². The maximum Gasteiger partial charge on any atom is 0.387 e. The summed E-state index contributed by atoms with van der Waals surface area (Å²) in [7, 11) is 0. The number of imidazole rings is 1. The molecule has 0 aliphatic heterocycles. The molecular weight excluding hydrogens is 380 g/mol. The number of hydrogen-bond donors (Lipinski definition) is 2. The van der Waals surface area contributed by atoms with E-state index in [1.54, 1.807) is 0 Å². The number of hydrogen-bond acceptors (Lipinski definition) is 4. The summed E-state index contributed by atoms with van der Waals surface area (Å²) in [4.78, 5) is 17.1. The van der Waals surface area contributed by atoms with E-state index in [4.69, 9.17) is 11.6 Å².